The van der Waals surface area contributed by atoms with Crippen molar-refractivity contribution in [1.82, 2.24) is 19.8 Å². The number of hydrogen-bond acceptors (Lipinski definition) is 4. The summed E-state index contributed by atoms with van der Waals surface area (Å²) in [5.74, 6) is 0. The molecule has 2 N–H and O–H groups in total. The topological polar surface area (TPSA) is 78.1 Å². The Labute approximate surface area is 127 Å². The van der Waals surface area contributed by atoms with Gasteiger partial charge in [-0.25, -0.2) is 8.42 Å². The molecule has 0 aliphatic heterocycles. The van der Waals surface area contributed by atoms with Gasteiger partial charge in [0.15, 0.2) is 5.03 Å². The minimum absolute atomic E-state index is 0.114. The molecule has 120 valence electrons. The summed E-state index contributed by atoms with van der Waals surface area (Å²) in [6, 6.07) is 0.273. The molecule has 7 heteroatoms. The van der Waals surface area contributed by atoms with Gasteiger partial charge in [0, 0.05) is 36.9 Å². The van der Waals surface area contributed by atoms with Gasteiger partial charge in [0.2, 0.25) is 0 Å². The van der Waals surface area contributed by atoms with Gasteiger partial charge in [-0.2, -0.15) is 9.40 Å². The summed E-state index contributed by atoms with van der Waals surface area (Å²) in [7, 11) is -3.60. The number of aromatic nitrogens is 2. The highest BCUT2D eigenvalue weighted by Crippen LogP contribution is 2.21. The number of sulfonamides is 1. The van der Waals surface area contributed by atoms with Crippen molar-refractivity contribution < 1.29 is 8.42 Å². The second-order valence-electron chi connectivity index (χ2n) is 5.32. The van der Waals surface area contributed by atoms with E-state index in [1.54, 1.807) is 6.08 Å². The van der Waals surface area contributed by atoms with E-state index in [9.17, 15) is 8.42 Å². The van der Waals surface area contributed by atoms with Crippen molar-refractivity contribution in [2.24, 2.45) is 0 Å². The summed E-state index contributed by atoms with van der Waals surface area (Å²) in [4.78, 5) is 0. The molecule has 6 nitrogen and oxygen atoms in total. The predicted octanol–water partition coefficient (Wildman–Crippen LogP) is 1.80. The molecule has 1 heterocycles. The summed E-state index contributed by atoms with van der Waals surface area (Å²) < 4.78 is 26.9. The van der Waals surface area contributed by atoms with Crippen LogP contribution >= 0.6 is 0 Å². The predicted molar refractivity (Wildman–Crippen MR) is 84.5 cm³/mol. The Bertz CT molecular complexity index is 564. The van der Waals surface area contributed by atoms with Gasteiger partial charge in [-0.3, -0.25) is 5.10 Å². The molecule has 0 aromatic carbocycles. The van der Waals surface area contributed by atoms with Gasteiger partial charge in [-0.1, -0.05) is 26.8 Å². The fraction of sp³-hybridized carbons (Fsp3) is 0.643. The Morgan fingerprint density at radius 3 is 2.67 bits per heavy atom. The Balaban J connectivity index is 3.15. The van der Waals surface area contributed by atoms with E-state index in [0.29, 0.717) is 25.2 Å². The number of hydrogen-bond donors (Lipinski definition) is 2. The molecule has 0 atom stereocenters. The molecule has 0 amide bonds. The highest BCUT2D eigenvalue weighted by molar-refractivity contribution is 7.89. The van der Waals surface area contributed by atoms with Gasteiger partial charge in [-0.15, -0.1) is 6.58 Å². The van der Waals surface area contributed by atoms with Crippen LogP contribution in [-0.4, -0.2) is 42.1 Å². The average Bonchev–Trinajstić information content (AvgIpc) is 2.78. The molecule has 1 aromatic rings. The second-order valence-corrected chi connectivity index (χ2v) is 7.17. The van der Waals surface area contributed by atoms with Gasteiger partial charge in [0.25, 0.3) is 10.0 Å². The van der Waals surface area contributed by atoms with Crippen LogP contribution in [0.2, 0.25) is 0 Å². The summed E-state index contributed by atoms with van der Waals surface area (Å²) in [5.41, 5.74) is 1.48. The summed E-state index contributed by atoms with van der Waals surface area (Å²) in [6.45, 7) is 12.7. The van der Waals surface area contributed by atoms with Crippen molar-refractivity contribution in [2.45, 2.75) is 51.7 Å². The van der Waals surface area contributed by atoms with Crippen molar-refractivity contribution in [3.05, 3.63) is 23.9 Å². The van der Waals surface area contributed by atoms with Crippen LogP contribution in [0.25, 0.3) is 0 Å². The molecule has 21 heavy (non-hydrogen) atoms. The van der Waals surface area contributed by atoms with Gasteiger partial charge in [-0.05, 0) is 13.3 Å². The van der Waals surface area contributed by atoms with E-state index in [4.69, 9.17) is 0 Å². The number of nitrogens with zero attached hydrogens (tertiary/aromatic N) is 2. The quantitative estimate of drug-likeness (QED) is 0.681. The molecule has 0 bridgehead atoms. The van der Waals surface area contributed by atoms with Crippen molar-refractivity contribution in [3.63, 3.8) is 0 Å². The van der Waals surface area contributed by atoms with Crippen LogP contribution in [0.4, 0.5) is 0 Å². The number of aromatic amines is 1. The maximum absolute atomic E-state index is 12.8. The Morgan fingerprint density at radius 1 is 1.48 bits per heavy atom. The first-order valence-corrected chi connectivity index (χ1v) is 8.66. The molecule has 0 unspecified atom stereocenters. The van der Waals surface area contributed by atoms with Crippen LogP contribution in [0.5, 0.6) is 0 Å². The van der Waals surface area contributed by atoms with E-state index in [2.05, 4.69) is 22.1 Å². The van der Waals surface area contributed by atoms with Crippen LogP contribution in [0.1, 0.15) is 38.4 Å². The average molecular weight is 314 g/mol. The summed E-state index contributed by atoms with van der Waals surface area (Å²) in [6.07, 6.45) is 2.34. The highest BCUT2D eigenvalue weighted by atomic mass is 32.2. The second kappa shape index (κ2) is 7.72. The standard InChI is InChI=1S/C14H26N4O2S/c1-6-8-18(9-7-2)21(19,20)14-13(10-15-11(3)4)12(5)16-17-14/h6,11,15H,1,7-10H2,2-5H3,(H,16,17). The van der Waals surface area contributed by atoms with E-state index in [0.717, 1.165) is 12.1 Å². The van der Waals surface area contributed by atoms with Gasteiger partial charge in [0.05, 0.1) is 0 Å². The Kier molecular flexibility index (Phi) is 6.57. The summed E-state index contributed by atoms with van der Waals surface area (Å²) >= 11 is 0. The van der Waals surface area contributed by atoms with E-state index in [1.807, 2.05) is 27.7 Å². The number of H-pyrrole nitrogens is 1. The van der Waals surface area contributed by atoms with Crippen molar-refractivity contribution >= 4 is 10.0 Å². The largest absolute Gasteiger partial charge is 0.310 e. The van der Waals surface area contributed by atoms with Gasteiger partial charge >= 0.3 is 0 Å². The van der Waals surface area contributed by atoms with E-state index < -0.39 is 10.0 Å². The van der Waals surface area contributed by atoms with Crippen LogP contribution in [-0.2, 0) is 16.6 Å². The number of nitrogens with one attached hydrogen (secondary N) is 2. The molecule has 0 saturated carbocycles. The summed E-state index contributed by atoms with van der Waals surface area (Å²) in [5, 5.41) is 10.2. The lowest BCUT2D eigenvalue weighted by atomic mass is 10.2. The molecule has 0 aliphatic rings. The van der Waals surface area contributed by atoms with E-state index in [-0.39, 0.29) is 11.1 Å². The lowest BCUT2D eigenvalue weighted by molar-refractivity contribution is 0.437. The molecule has 0 spiro atoms. The third-order valence-electron chi connectivity index (χ3n) is 3.11. The van der Waals surface area contributed by atoms with E-state index in [1.165, 1.54) is 4.31 Å². The van der Waals surface area contributed by atoms with Crippen molar-refractivity contribution in [2.75, 3.05) is 13.1 Å². The first kappa shape index (κ1) is 17.9. The smallest absolute Gasteiger partial charge is 0.262 e. The molecule has 0 aliphatic carbocycles. The number of aryl methyl sites for hydroxylation is 1. The van der Waals surface area contributed by atoms with Gasteiger partial charge < -0.3 is 5.32 Å². The van der Waals surface area contributed by atoms with Crippen LogP contribution in [0.15, 0.2) is 17.7 Å². The first-order chi connectivity index (χ1) is 9.84. The van der Waals surface area contributed by atoms with Crippen LogP contribution in [0.3, 0.4) is 0 Å². The maximum atomic E-state index is 12.8. The third-order valence-corrected chi connectivity index (χ3v) is 4.95. The van der Waals surface area contributed by atoms with Crippen molar-refractivity contribution in [1.29, 1.82) is 0 Å². The minimum atomic E-state index is -3.60. The lowest BCUT2D eigenvalue weighted by Crippen LogP contribution is -2.33. The highest BCUT2D eigenvalue weighted by Gasteiger charge is 2.29. The SMILES string of the molecule is C=CCN(CCC)S(=O)(=O)c1n[nH]c(C)c1CNC(C)C. The minimum Gasteiger partial charge on any atom is -0.310 e. The first-order valence-electron chi connectivity index (χ1n) is 7.22. The van der Waals surface area contributed by atoms with Crippen LogP contribution < -0.4 is 5.32 Å². The molecule has 1 rings (SSSR count). The van der Waals surface area contributed by atoms with E-state index >= 15 is 0 Å². The van der Waals surface area contributed by atoms with Gasteiger partial charge in [0.1, 0.15) is 0 Å². The third kappa shape index (κ3) is 4.39. The fourth-order valence-corrected chi connectivity index (χ4v) is 3.65. The Hall–Kier alpha value is -1.18. The van der Waals surface area contributed by atoms with Crippen LogP contribution in [0, 0.1) is 6.92 Å². The molecule has 0 saturated heterocycles. The fourth-order valence-electron chi connectivity index (χ4n) is 1.98. The number of rotatable bonds is 9. The molecular formula is C14H26N4O2S. The Morgan fingerprint density at radius 2 is 2.14 bits per heavy atom. The monoisotopic (exact) mass is 314 g/mol. The molecule has 0 radical (unpaired) electrons. The lowest BCUT2D eigenvalue weighted by Gasteiger charge is -2.19. The zero-order chi connectivity index (χ0) is 16.0. The zero-order valence-corrected chi connectivity index (χ0v) is 14.1. The van der Waals surface area contributed by atoms with Crippen molar-refractivity contribution in [3.8, 4) is 0 Å². The zero-order valence-electron chi connectivity index (χ0n) is 13.3. The normalized spacial score (nSPS) is 12.3. The molecule has 1 aromatic heterocycles. The maximum Gasteiger partial charge on any atom is 0.262 e. The molecular weight excluding hydrogens is 288 g/mol. The molecule has 0 fully saturated rings.